The van der Waals surface area contributed by atoms with E-state index in [1.54, 1.807) is 24.4 Å². The van der Waals surface area contributed by atoms with E-state index in [2.05, 4.69) is 10.3 Å². The van der Waals surface area contributed by atoms with Gasteiger partial charge in [-0.1, -0.05) is 12.1 Å². The summed E-state index contributed by atoms with van der Waals surface area (Å²) in [5, 5.41) is 2.76. The van der Waals surface area contributed by atoms with Gasteiger partial charge in [-0.2, -0.15) is 0 Å². The molecule has 0 bridgehead atoms. The van der Waals surface area contributed by atoms with Crippen LogP contribution in [0.25, 0.3) is 6.08 Å². The Labute approximate surface area is 110 Å². The molecule has 3 nitrogen and oxygen atoms in total. The number of aromatic nitrogens is 1. The van der Waals surface area contributed by atoms with Crippen molar-refractivity contribution in [2.75, 3.05) is 0 Å². The number of aromatic amines is 1. The molecule has 0 spiro atoms. The molecule has 0 aliphatic carbocycles. The van der Waals surface area contributed by atoms with E-state index >= 15 is 0 Å². The van der Waals surface area contributed by atoms with Crippen LogP contribution in [0.2, 0.25) is 0 Å². The van der Waals surface area contributed by atoms with Gasteiger partial charge in [-0.25, -0.2) is 9.37 Å². The van der Waals surface area contributed by atoms with Gasteiger partial charge in [0, 0.05) is 24.3 Å². The Balaban J connectivity index is 1.86. The van der Waals surface area contributed by atoms with Crippen molar-refractivity contribution in [3.8, 4) is 0 Å². The van der Waals surface area contributed by atoms with Gasteiger partial charge in [-0.3, -0.25) is 4.79 Å². The van der Waals surface area contributed by atoms with Crippen LogP contribution in [0.3, 0.4) is 0 Å². The average molecular weight is 257 g/mol. The van der Waals surface area contributed by atoms with E-state index < -0.39 is 0 Å². The highest BCUT2D eigenvalue weighted by Gasteiger charge is 1.98. The number of pyridine rings is 1. The van der Waals surface area contributed by atoms with Crippen LogP contribution in [-0.2, 0) is 11.3 Å². The zero-order chi connectivity index (χ0) is 13.5. The third kappa shape index (κ3) is 4.35. The molecule has 2 N–H and O–H groups in total. The average Bonchev–Trinajstić information content (AvgIpc) is 2.45. The van der Waals surface area contributed by atoms with Crippen LogP contribution in [0.15, 0.2) is 54.9 Å². The molecule has 0 radical (unpaired) electrons. The Morgan fingerprint density at radius 1 is 1.26 bits per heavy atom. The van der Waals surface area contributed by atoms with Crippen molar-refractivity contribution >= 4 is 12.0 Å². The predicted octanol–water partition coefficient (Wildman–Crippen LogP) is 1.97. The number of H-pyrrole nitrogens is 1. The van der Waals surface area contributed by atoms with Crippen LogP contribution in [0.1, 0.15) is 11.1 Å². The Morgan fingerprint density at radius 3 is 2.74 bits per heavy atom. The van der Waals surface area contributed by atoms with Crippen molar-refractivity contribution in [1.82, 2.24) is 5.32 Å². The number of carbonyl (C=O) groups is 1. The molecule has 0 aliphatic rings. The fourth-order valence-corrected chi connectivity index (χ4v) is 1.53. The number of hydrogen-bond donors (Lipinski definition) is 1. The van der Waals surface area contributed by atoms with E-state index in [4.69, 9.17) is 0 Å². The molecule has 0 fully saturated rings. The third-order valence-electron chi connectivity index (χ3n) is 2.54. The largest absolute Gasteiger partial charge is 0.348 e. The number of halogens is 1. The minimum absolute atomic E-state index is 0.187. The van der Waals surface area contributed by atoms with Crippen LogP contribution in [-0.4, -0.2) is 5.91 Å². The second-order valence-corrected chi connectivity index (χ2v) is 4.01. The molecule has 0 unspecified atom stereocenters. The normalized spacial score (nSPS) is 10.6. The second-order valence-electron chi connectivity index (χ2n) is 4.01. The predicted molar refractivity (Wildman–Crippen MR) is 70.3 cm³/mol. The molecule has 1 heterocycles. The van der Waals surface area contributed by atoms with Crippen molar-refractivity contribution in [1.29, 1.82) is 0 Å². The summed E-state index contributed by atoms with van der Waals surface area (Å²) in [6, 6.07) is 9.74. The minimum Gasteiger partial charge on any atom is -0.348 e. The molecular formula is C15H14FN2O+. The second kappa shape index (κ2) is 6.44. The summed E-state index contributed by atoms with van der Waals surface area (Å²) < 4.78 is 12.7. The van der Waals surface area contributed by atoms with Gasteiger partial charge < -0.3 is 5.32 Å². The van der Waals surface area contributed by atoms with Crippen molar-refractivity contribution in [3.63, 3.8) is 0 Å². The molecule has 2 rings (SSSR count). The lowest BCUT2D eigenvalue weighted by molar-refractivity contribution is -0.378. The molecule has 4 heteroatoms. The van der Waals surface area contributed by atoms with Gasteiger partial charge in [-0.05, 0) is 29.8 Å². The number of nitrogens with one attached hydrogen (secondary N) is 2. The molecule has 0 saturated carbocycles. The molecule has 1 aromatic heterocycles. The fourth-order valence-electron chi connectivity index (χ4n) is 1.53. The summed E-state index contributed by atoms with van der Waals surface area (Å²) in [6.07, 6.45) is 6.70. The summed E-state index contributed by atoms with van der Waals surface area (Å²) in [4.78, 5) is 14.5. The highest BCUT2D eigenvalue weighted by molar-refractivity contribution is 5.91. The maximum absolute atomic E-state index is 12.7. The van der Waals surface area contributed by atoms with Crippen molar-refractivity contribution in [2.45, 2.75) is 6.54 Å². The maximum atomic E-state index is 12.7. The molecule has 19 heavy (non-hydrogen) atoms. The van der Waals surface area contributed by atoms with Crippen LogP contribution in [0.4, 0.5) is 4.39 Å². The summed E-state index contributed by atoms with van der Waals surface area (Å²) in [6.45, 7) is 0.462. The molecule has 0 saturated heterocycles. The molecule has 0 atom stereocenters. The Morgan fingerprint density at radius 2 is 2.05 bits per heavy atom. The molecule has 0 aliphatic heterocycles. The van der Waals surface area contributed by atoms with Crippen LogP contribution < -0.4 is 10.3 Å². The Hall–Kier alpha value is -2.49. The summed E-state index contributed by atoms with van der Waals surface area (Å²) in [7, 11) is 0. The maximum Gasteiger partial charge on any atom is 0.244 e. The standard InChI is InChI=1S/C15H13FN2O/c16-14-6-3-12(4-7-14)5-8-15(19)18-11-13-2-1-9-17-10-13/h1-10H,11H2,(H,18,19)/p+1. The summed E-state index contributed by atoms with van der Waals surface area (Å²) >= 11 is 0. The number of rotatable bonds is 4. The van der Waals surface area contributed by atoms with Gasteiger partial charge in [0.25, 0.3) is 0 Å². The quantitative estimate of drug-likeness (QED) is 0.836. The Bertz CT molecular complexity index is 564. The zero-order valence-corrected chi connectivity index (χ0v) is 10.3. The fraction of sp³-hybridized carbons (Fsp3) is 0.0667. The first-order valence-corrected chi connectivity index (χ1v) is 5.90. The molecular weight excluding hydrogens is 243 g/mol. The van der Waals surface area contributed by atoms with E-state index in [9.17, 15) is 9.18 Å². The van der Waals surface area contributed by atoms with E-state index in [-0.39, 0.29) is 11.7 Å². The van der Waals surface area contributed by atoms with E-state index in [1.807, 2.05) is 18.3 Å². The minimum atomic E-state index is -0.290. The van der Waals surface area contributed by atoms with Crippen LogP contribution >= 0.6 is 0 Å². The van der Waals surface area contributed by atoms with Gasteiger partial charge in [0.05, 0.1) is 0 Å². The monoisotopic (exact) mass is 257 g/mol. The van der Waals surface area contributed by atoms with E-state index in [1.165, 1.54) is 18.2 Å². The highest BCUT2D eigenvalue weighted by Crippen LogP contribution is 2.04. The first-order valence-electron chi connectivity index (χ1n) is 5.90. The van der Waals surface area contributed by atoms with Crippen molar-refractivity contribution in [3.05, 3.63) is 71.8 Å². The number of carbonyl (C=O) groups excluding carboxylic acids is 1. The smallest absolute Gasteiger partial charge is 0.244 e. The van der Waals surface area contributed by atoms with Gasteiger partial charge in [0.2, 0.25) is 5.91 Å². The molecule has 96 valence electrons. The number of hydrogen-bond acceptors (Lipinski definition) is 1. The van der Waals surface area contributed by atoms with Gasteiger partial charge >= 0.3 is 0 Å². The van der Waals surface area contributed by atoms with Crippen LogP contribution in [0.5, 0.6) is 0 Å². The number of benzene rings is 1. The first kappa shape index (κ1) is 13.0. The lowest BCUT2D eigenvalue weighted by Crippen LogP contribution is -2.21. The topological polar surface area (TPSA) is 43.2 Å². The molecule has 2 aromatic rings. The molecule has 1 amide bonds. The third-order valence-corrected chi connectivity index (χ3v) is 2.54. The first-order chi connectivity index (χ1) is 9.24. The lowest BCUT2D eigenvalue weighted by Gasteiger charge is -1.99. The van der Waals surface area contributed by atoms with E-state index in [0.29, 0.717) is 6.54 Å². The summed E-state index contributed by atoms with van der Waals surface area (Å²) in [5.74, 6) is -0.477. The van der Waals surface area contributed by atoms with Crippen LogP contribution in [0, 0.1) is 5.82 Å². The zero-order valence-electron chi connectivity index (χ0n) is 10.3. The van der Waals surface area contributed by atoms with Crippen molar-refractivity contribution < 1.29 is 14.2 Å². The highest BCUT2D eigenvalue weighted by atomic mass is 19.1. The van der Waals surface area contributed by atoms with Gasteiger partial charge in [0.1, 0.15) is 5.82 Å². The lowest BCUT2D eigenvalue weighted by atomic mass is 10.2. The molecule has 1 aromatic carbocycles. The SMILES string of the molecule is O=C(C=Cc1ccc(F)cc1)NCc1ccc[nH+]c1. The summed E-state index contributed by atoms with van der Waals surface area (Å²) in [5.41, 5.74) is 1.77. The Kier molecular flexibility index (Phi) is 4.39. The van der Waals surface area contributed by atoms with Gasteiger partial charge in [0.15, 0.2) is 12.4 Å². The van der Waals surface area contributed by atoms with Crippen molar-refractivity contribution in [2.24, 2.45) is 0 Å². The van der Waals surface area contributed by atoms with E-state index in [0.717, 1.165) is 11.1 Å². The number of amides is 1. The van der Waals surface area contributed by atoms with Gasteiger partial charge in [-0.15, -0.1) is 0 Å².